The van der Waals surface area contributed by atoms with E-state index < -0.39 is 0 Å². The molecule has 0 saturated heterocycles. The first-order chi connectivity index (χ1) is 9.97. The Labute approximate surface area is 137 Å². The van der Waals surface area contributed by atoms with Crippen LogP contribution in [0, 0.1) is 12.3 Å². The molecule has 0 spiro atoms. The van der Waals surface area contributed by atoms with Gasteiger partial charge in [-0.05, 0) is 48.0 Å². The molecule has 0 radical (unpaired) electrons. The lowest BCUT2D eigenvalue weighted by molar-refractivity contribution is 0.189. The Bertz CT molecular complexity index is 433. The lowest BCUT2D eigenvalue weighted by Crippen LogP contribution is -2.36. The van der Waals surface area contributed by atoms with Crippen molar-refractivity contribution < 1.29 is 4.74 Å². The molecule has 0 bridgehead atoms. The number of aryl methyl sites for hydroxylation is 2. The van der Waals surface area contributed by atoms with Gasteiger partial charge in [0.25, 0.3) is 0 Å². The molecule has 1 atom stereocenters. The van der Waals surface area contributed by atoms with E-state index in [1.54, 1.807) is 7.11 Å². The van der Waals surface area contributed by atoms with E-state index in [0.717, 1.165) is 38.4 Å². The first kappa shape index (κ1) is 18.7. The molecule has 0 aliphatic heterocycles. The van der Waals surface area contributed by atoms with Crippen molar-refractivity contribution in [3.63, 3.8) is 0 Å². The maximum atomic E-state index is 5.11. The molecule has 1 rings (SSSR count). The Morgan fingerprint density at radius 1 is 1.38 bits per heavy atom. The van der Waals surface area contributed by atoms with Crippen LogP contribution >= 0.6 is 15.9 Å². The van der Waals surface area contributed by atoms with Gasteiger partial charge in [-0.15, -0.1) is 0 Å². The van der Waals surface area contributed by atoms with Crippen LogP contribution < -0.4 is 5.32 Å². The van der Waals surface area contributed by atoms with Gasteiger partial charge in [0.1, 0.15) is 0 Å². The average Bonchev–Trinajstić information content (AvgIpc) is 2.71. The molecule has 0 aliphatic rings. The molecule has 1 heterocycles. The van der Waals surface area contributed by atoms with Crippen LogP contribution in [0.1, 0.15) is 45.0 Å². The average molecular weight is 360 g/mol. The minimum Gasteiger partial charge on any atom is -0.383 e. The van der Waals surface area contributed by atoms with Gasteiger partial charge in [-0.2, -0.15) is 5.10 Å². The fourth-order valence-electron chi connectivity index (χ4n) is 2.85. The molecule has 1 N–H and O–H groups in total. The van der Waals surface area contributed by atoms with E-state index in [1.807, 2.05) is 0 Å². The smallest absolute Gasteiger partial charge is 0.0738 e. The predicted molar refractivity (Wildman–Crippen MR) is 91.8 cm³/mol. The molecular formula is C16H30BrN3O. The maximum Gasteiger partial charge on any atom is 0.0738 e. The van der Waals surface area contributed by atoms with Crippen molar-refractivity contribution in [2.75, 3.05) is 26.8 Å². The van der Waals surface area contributed by atoms with Crippen molar-refractivity contribution in [3.8, 4) is 0 Å². The molecule has 122 valence electrons. The summed E-state index contributed by atoms with van der Waals surface area (Å²) in [5.41, 5.74) is 2.64. The molecule has 4 nitrogen and oxygen atoms in total. The van der Waals surface area contributed by atoms with Gasteiger partial charge in [0.15, 0.2) is 0 Å². The summed E-state index contributed by atoms with van der Waals surface area (Å²) in [4.78, 5) is 0. The zero-order valence-corrected chi connectivity index (χ0v) is 15.7. The molecule has 0 aromatic carbocycles. The third-order valence-corrected chi connectivity index (χ3v) is 4.97. The number of halogens is 1. The van der Waals surface area contributed by atoms with Crippen LogP contribution in [0.4, 0.5) is 0 Å². The predicted octanol–water partition coefficient (Wildman–Crippen LogP) is 3.56. The van der Waals surface area contributed by atoms with Gasteiger partial charge in [0.2, 0.25) is 0 Å². The van der Waals surface area contributed by atoms with E-state index in [-0.39, 0.29) is 5.41 Å². The molecule has 1 unspecified atom stereocenters. The quantitative estimate of drug-likeness (QED) is 0.649. The first-order valence-electron chi connectivity index (χ1n) is 7.88. The molecule has 21 heavy (non-hydrogen) atoms. The van der Waals surface area contributed by atoms with Crippen LogP contribution in [0.15, 0.2) is 4.47 Å². The second-order valence-electron chi connectivity index (χ2n) is 6.07. The topological polar surface area (TPSA) is 39.1 Å². The van der Waals surface area contributed by atoms with Gasteiger partial charge in [-0.25, -0.2) is 0 Å². The molecule has 5 heteroatoms. The van der Waals surface area contributed by atoms with Crippen LogP contribution in [0.5, 0.6) is 0 Å². The lowest BCUT2D eigenvalue weighted by Gasteiger charge is -2.30. The van der Waals surface area contributed by atoms with Crippen molar-refractivity contribution in [1.82, 2.24) is 15.1 Å². The zero-order chi connectivity index (χ0) is 15.9. The summed E-state index contributed by atoms with van der Waals surface area (Å²) in [5.74, 6) is 0. The van der Waals surface area contributed by atoms with E-state index >= 15 is 0 Å². The van der Waals surface area contributed by atoms with E-state index in [4.69, 9.17) is 4.74 Å². The highest BCUT2D eigenvalue weighted by atomic mass is 79.9. The van der Waals surface area contributed by atoms with Crippen molar-refractivity contribution in [3.05, 3.63) is 15.9 Å². The van der Waals surface area contributed by atoms with Crippen LogP contribution in [-0.4, -0.2) is 36.6 Å². The lowest BCUT2D eigenvalue weighted by atomic mass is 9.81. The van der Waals surface area contributed by atoms with Gasteiger partial charge in [-0.3, -0.25) is 4.68 Å². The molecule has 0 saturated carbocycles. The highest BCUT2D eigenvalue weighted by Gasteiger charge is 2.27. The van der Waals surface area contributed by atoms with E-state index in [1.165, 1.54) is 23.0 Å². The molecule has 0 fully saturated rings. The Kier molecular flexibility index (Phi) is 7.92. The van der Waals surface area contributed by atoms with Crippen LogP contribution in [-0.2, 0) is 17.7 Å². The summed E-state index contributed by atoms with van der Waals surface area (Å²) < 4.78 is 8.41. The Morgan fingerprint density at radius 3 is 2.67 bits per heavy atom. The molecule has 1 aromatic heterocycles. The number of nitrogens with one attached hydrogen (secondary N) is 1. The first-order valence-corrected chi connectivity index (χ1v) is 8.68. The Morgan fingerprint density at radius 2 is 2.10 bits per heavy atom. The van der Waals surface area contributed by atoms with Crippen molar-refractivity contribution in [2.45, 2.75) is 53.5 Å². The normalized spacial score (nSPS) is 14.4. The van der Waals surface area contributed by atoms with Crippen molar-refractivity contribution in [1.29, 1.82) is 0 Å². The van der Waals surface area contributed by atoms with Crippen LogP contribution in [0.25, 0.3) is 0 Å². The fourth-order valence-corrected chi connectivity index (χ4v) is 3.27. The second-order valence-corrected chi connectivity index (χ2v) is 6.86. The monoisotopic (exact) mass is 359 g/mol. The second kappa shape index (κ2) is 8.91. The zero-order valence-electron chi connectivity index (χ0n) is 14.1. The minimum absolute atomic E-state index is 0.240. The summed E-state index contributed by atoms with van der Waals surface area (Å²) >= 11 is 3.71. The van der Waals surface area contributed by atoms with E-state index in [9.17, 15) is 0 Å². The molecule has 0 amide bonds. The van der Waals surface area contributed by atoms with Gasteiger partial charge >= 0.3 is 0 Å². The molecule has 0 aliphatic carbocycles. The number of hydrogen-bond donors (Lipinski definition) is 1. The van der Waals surface area contributed by atoms with Gasteiger partial charge < -0.3 is 10.1 Å². The van der Waals surface area contributed by atoms with Crippen LogP contribution in [0.3, 0.4) is 0 Å². The number of methoxy groups -OCH3 is 1. The van der Waals surface area contributed by atoms with E-state index in [0.29, 0.717) is 0 Å². The number of hydrogen-bond acceptors (Lipinski definition) is 3. The summed E-state index contributed by atoms with van der Waals surface area (Å²) in [7, 11) is 1.74. The van der Waals surface area contributed by atoms with Crippen LogP contribution in [0.2, 0.25) is 0 Å². The summed E-state index contributed by atoms with van der Waals surface area (Å²) in [5, 5.41) is 8.14. The summed E-state index contributed by atoms with van der Waals surface area (Å²) in [6.45, 7) is 12.4. The third-order valence-electron chi connectivity index (χ3n) is 3.94. The van der Waals surface area contributed by atoms with E-state index in [2.05, 4.69) is 58.7 Å². The summed E-state index contributed by atoms with van der Waals surface area (Å²) in [6, 6.07) is 0. The number of aromatic nitrogens is 2. The SMILES string of the molecule is CCCC(C)(CNCCOC)Cc1c(Br)c(C)nn1CC. The number of nitrogens with zero attached hydrogens (tertiary/aromatic N) is 2. The third kappa shape index (κ3) is 5.38. The van der Waals surface area contributed by atoms with Crippen molar-refractivity contribution >= 4 is 15.9 Å². The van der Waals surface area contributed by atoms with Gasteiger partial charge in [0, 0.05) is 26.7 Å². The standard InChI is InChI=1S/C16H30BrN3O/c1-6-8-16(4,12-18-9-10-21-5)11-14-15(17)13(3)19-20(14)7-2/h18H,6-12H2,1-5H3. The van der Waals surface area contributed by atoms with Gasteiger partial charge in [-0.1, -0.05) is 20.3 Å². The van der Waals surface area contributed by atoms with Crippen molar-refractivity contribution in [2.24, 2.45) is 5.41 Å². The minimum atomic E-state index is 0.240. The summed E-state index contributed by atoms with van der Waals surface area (Å²) in [6.07, 6.45) is 3.43. The van der Waals surface area contributed by atoms with Gasteiger partial charge in [0.05, 0.1) is 22.5 Å². The molecule has 1 aromatic rings. The maximum absolute atomic E-state index is 5.11. The highest BCUT2D eigenvalue weighted by Crippen LogP contribution is 2.32. The molecular weight excluding hydrogens is 330 g/mol. The highest BCUT2D eigenvalue weighted by molar-refractivity contribution is 9.10. The number of ether oxygens (including phenoxy) is 1. The Balaban J connectivity index is 2.81. The fraction of sp³-hybridized carbons (Fsp3) is 0.812. The number of rotatable bonds is 10. The Hall–Kier alpha value is -0.390. The largest absolute Gasteiger partial charge is 0.383 e.